The van der Waals surface area contributed by atoms with E-state index in [-0.39, 0.29) is 11.6 Å². The van der Waals surface area contributed by atoms with E-state index in [4.69, 9.17) is 0 Å². The van der Waals surface area contributed by atoms with Gasteiger partial charge in [0.15, 0.2) is 5.82 Å². The molecule has 6 nitrogen and oxygen atoms in total. The van der Waals surface area contributed by atoms with E-state index in [2.05, 4.69) is 29.3 Å². The van der Waals surface area contributed by atoms with Crippen LogP contribution in [0.3, 0.4) is 0 Å². The highest BCUT2D eigenvalue weighted by atomic mass is 19.1. The minimum Gasteiger partial charge on any atom is -0.371 e. The molecule has 0 aromatic heterocycles. The molecular formula is C30H35FN4O2. The van der Waals surface area contributed by atoms with Gasteiger partial charge in [-0.25, -0.2) is 4.39 Å². The predicted molar refractivity (Wildman–Crippen MR) is 145 cm³/mol. The number of rotatable bonds is 6. The van der Waals surface area contributed by atoms with E-state index >= 15 is 0 Å². The second-order valence-electron chi connectivity index (χ2n) is 10.1. The molecule has 2 fully saturated rings. The van der Waals surface area contributed by atoms with Gasteiger partial charge in [-0.2, -0.15) is 10.2 Å². The first-order valence-corrected chi connectivity index (χ1v) is 13.2. The third-order valence-corrected chi connectivity index (χ3v) is 7.64. The summed E-state index contributed by atoms with van der Waals surface area (Å²) in [5.41, 5.74) is 4.76. The van der Waals surface area contributed by atoms with Crippen LogP contribution in [-0.2, 0) is 4.79 Å². The molecule has 194 valence electrons. The minimum atomic E-state index is -0.505. The van der Waals surface area contributed by atoms with Gasteiger partial charge in [-0.1, -0.05) is 48.5 Å². The van der Waals surface area contributed by atoms with Crippen molar-refractivity contribution in [3.05, 3.63) is 89.2 Å². The standard InChI is InChI=1S/C30H35FN4O2/c1-21-15-16-24(20-27(21)33-17-6-7-18-33)32-30(36)25-13-9-19-34(29(25)23-11-4-3-5-12-23)35(37)28-22(2)10-8-14-26(28)31/h3-5,8,10-12,14-16,20,25,29,37H,6-7,9,13,17-19H2,1-2H3,(H,32,36)/t25?,29-/m0/s1. The number of piperidine rings is 1. The first-order valence-electron chi connectivity index (χ1n) is 13.2. The number of carbonyl (C=O) groups is 1. The van der Waals surface area contributed by atoms with Crippen molar-refractivity contribution in [3.63, 3.8) is 0 Å². The lowest BCUT2D eigenvalue weighted by molar-refractivity contribution is -0.126. The summed E-state index contributed by atoms with van der Waals surface area (Å²) in [6.45, 7) is 6.44. The van der Waals surface area contributed by atoms with Crippen LogP contribution in [0.2, 0.25) is 0 Å². The number of nitrogens with one attached hydrogen (secondary N) is 1. The maximum Gasteiger partial charge on any atom is 0.229 e. The lowest BCUT2D eigenvalue weighted by Gasteiger charge is -2.44. The van der Waals surface area contributed by atoms with E-state index in [1.54, 1.807) is 24.1 Å². The largest absolute Gasteiger partial charge is 0.371 e. The molecule has 2 aliphatic rings. The third-order valence-electron chi connectivity index (χ3n) is 7.64. The molecule has 3 aromatic rings. The summed E-state index contributed by atoms with van der Waals surface area (Å²) in [5.74, 6) is -1.04. The van der Waals surface area contributed by atoms with Crippen molar-refractivity contribution in [3.8, 4) is 0 Å². The van der Waals surface area contributed by atoms with Gasteiger partial charge in [0.1, 0.15) is 5.69 Å². The number of hydrazine groups is 1. The number of anilines is 3. The summed E-state index contributed by atoms with van der Waals surface area (Å²) in [6, 6.07) is 20.1. The minimum absolute atomic E-state index is 0.103. The second kappa shape index (κ2) is 10.9. The van der Waals surface area contributed by atoms with Gasteiger partial charge in [0.05, 0.1) is 12.0 Å². The molecular weight excluding hydrogens is 467 g/mol. The molecule has 2 aliphatic heterocycles. The summed E-state index contributed by atoms with van der Waals surface area (Å²) < 4.78 is 14.8. The Kier molecular flexibility index (Phi) is 7.44. The van der Waals surface area contributed by atoms with Crippen LogP contribution in [0.4, 0.5) is 21.5 Å². The number of aryl methyl sites for hydroxylation is 2. The molecule has 3 aromatic carbocycles. The van der Waals surface area contributed by atoms with Crippen LogP contribution in [0.15, 0.2) is 66.7 Å². The van der Waals surface area contributed by atoms with Crippen LogP contribution in [0, 0.1) is 25.6 Å². The first kappa shape index (κ1) is 25.2. The van der Waals surface area contributed by atoms with Gasteiger partial charge in [0.2, 0.25) is 5.91 Å². The van der Waals surface area contributed by atoms with Crippen LogP contribution >= 0.6 is 0 Å². The average molecular weight is 503 g/mol. The zero-order chi connectivity index (χ0) is 25.9. The lowest BCUT2D eigenvalue weighted by atomic mass is 9.84. The summed E-state index contributed by atoms with van der Waals surface area (Å²) >= 11 is 0. The SMILES string of the molecule is Cc1ccc(NC(=O)C2CCCN(N(O)c3c(C)cccc3F)[C@H]2c2ccccc2)cc1N1CCCC1. The van der Waals surface area contributed by atoms with E-state index in [1.165, 1.54) is 24.5 Å². The molecule has 1 amide bonds. The van der Waals surface area contributed by atoms with Gasteiger partial charge >= 0.3 is 0 Å². The number of nitrogens with zero attached hydrogens (tertiary/aromatic N) is 3. The van der Waals surface area contributed by atoms with Gasteiger partial charge in [-0.15, -0.1) is 0 Å². The molecule has 2 heterocycles. The topological polar surface area (TPSA) is 59.1 Å². The Labute approximate surface area is 218 Å². The van der Waals surface area contributed by atoms with E-state index in [1.807, 2.05) is 36.4 Å². The predicted octanol–water partition coefficient (Wildman–Crippen LogP) is 6.25. The van der Waals surface area contributed by atoms with Gasteiger partial charge in [-0.3, -0.25) is 10.0 Å². The van der Waals surface area contributed by atoms with E-state index < -0.39 is 17.8 Å². The molecule has 5 rings (SSSR count). The van der Waals surface area contributed by atoms with Crippen LogP contribution in [-0.4, -0.2) is 35.8 Å². The zero-order valence-corrected chi connectivity index (χ0v) is 21.5. The van der Waals surface area contributed by atoms with E-state index in [0.29, 0.717) is 24.9 Å². The number of hydrogen-bond donors (Lipinski definition) is 2. The number of halogens is 1. The summed E-state index contributed by atoms with van der Waals surface area (Å²) in [7, 11) is 0. The molecule has 0 saturated carbocycles. The molecule has 2 N–H and O–H groups in total. The Hall–Kier alpha value is -3.42. The fourth-order valence-corrected chi connectivity index (χ4v) is 5.75. The van der Waals surface area contributed by atoms with Gasteiger partial charge in [-0.05, 0) is 74.4 Å². The van der Waals surface area contributed by atoms with Crippen molar-refractivity contribution in [2.24, 2.45) is 5.92 Å². The molecule has 37 heavy (non-hydrogen) atoms. The normalized spacial score (nSPS) is 20.2. The fraction of sp³-hybridized carbons (Fsp3) is 0.367. The first-order chi connectivity index (χ1) is 17.9. The van der Waals surface area contributed by atoms with Crippen molar-refractivity contribution in [2.75, 3.05) is 35.0 Å². The molecule has 2 saturated heterocycles. The van der Waals surface area contributed by atoms with Crippen molar-refractivity contribution >= 4 is 23.0 Å². The molecule has 0 radical (unpaired) electrons. The second-order valence-corrected chi connectivity index (χ2v) is 10.1. The van der Waals surface area contributed by atoms with Crippen molar-refractivity contribution in [2.45, 2.75) is 45.6 Å². The molecule has 2 atom stereocenters. The maximum absolute atomic E-state index is 14.8. The summed E-state index contributed by atoms with van der Waals surface area (Å²) in [5, 5.41) is 17.1. The number of amides is 1. The molecule has 0 bridgehead atoms. The van der Waals surface area contributed by atoms with Crippen molar-refractivity contribution in [1.82, 2.24) is 5.01 Å². The van der Waals surface area contributed by atoms with Crippen LogP contribution in [0.5, 0.6) is 0 Å². The van der Waals surface area contributed by atoms with Crippen molar-refractivity contribution < 1.29 is 14.4 Å². The Morgan fingerprint density at radius 1 is 0.946 bits per heavy atom. The molecule has 7 heteroatoms. The lowest BCUT2D eigenvalue weighted by Crippen LogP contribution is -2.51. The highest BCUT2D eigenvalue weighted by molar-refractivity contribution is 5.94. The Balaban J connectivity index is 1.45. The monoisotopic (exact) mass is 502 g/mol. The smallest absolute Gasteiger partial charge is 0.229 e. The van der Waals surface area contributed by atoms with Crippen LogP contribution < -0.4 is 15.4 Å². The summed E-state index contributed by atoms with van der Waals surface area (Å²) in [4.78, 5) is 16.2. The van der Waals surface area contributed by atoms with Crippen molar-refractivity contribution in [1.29, 1.82) is 0 Å². The average Bonchev–Trinajstić information content (AvgIpc) is 3.44. The Morgan fingerprint density at radius 2 is 1.70 bits per heavy atom. The van der Waals surface area contributed by atoms with Gasteiger partial charge < -0.3 is 10.2 Å². The third kappa shape index (κ3) is 5.20. The Bertz CT molecular complexity index is 1230. The summed E-state index contributed by atoms with van der Waals surface area (Å²) in [6.07, 6.45) is 3.73. The fourth-order valence-electron chi connectivity index (χ4n) is 5.75. The van der Waals surface area contributed by atoms with E-state index in [9.17, 15) is 14.4 Å². The van der Waals surface area contributed by atoms with Crippen LogP contribution in [0.25, 0.3) is 0 Å². The maximum atomic E-state index is 14.8. The molecule has 1 unspecified atom stereocenters. The van der Waals surface area contributed by atoms with Crippen LogP contribution in [0.1, 0.15) is 48.4 Å². The van der Waals surface area contributed by atoms with Gasteiger partial charge in [0, 0.05) is 31.0 Å². The number of carbonyl (C=O) groups excluding carboxylic acids is 1. The highest BCUT2D eigenvalue weighted by Gasteiger charge is 2.40. The highest BCUT2D eigenvalue weighted by Crippen LogP contribution is 2.40. The number of benzene rings is 3. The molecule has 0 aliphatic carbocycles. The van der Waals surface area contributed by atoms with E-state index in [0.717, 1.165) is 35.2 Å². The van der Waals surface area contributed by atoms with Gasteiger partial charge in [0.25, 0.3) is 0 Å². The number of para-hydroxylation sites is 1. The molecule has 0 spiro atoms. The zero-order valence-electron chi connectivity index (χ0n) is 21.5. The quantitative estimate of drug-likeness (QED) is 0.391. The number of hydrogen-bond acceptors (Lipinski definition) is 5. The Morgan fingerprint density at radius 3 is 2.43 bits per heavy atom.